The molecule has 0 atom stereocenters. The average Bonchev–Trinajstić information content (AvgIpc) is 3.13. The highest BCUT2D eigenvalue weighted by Gasteiger charge is 2.22. The van der Waals surface area contributed by atoms with Gasteiger partial charge in [-0.2, -0.15) is 0 Å². The molecule has 0 aliphatic heterocycles. The van der Waals surface area contributed by atoms with Crippen molar-refractivity contribution in [2.75, 3.05) is 0 Å². The minimum absolute atomic E-state index is 0.179. The highest BCUT2D eigenvalue weighted by molar-refractivity contribution is 6.24. The molecule has 2 aromatic heterocycles. The fourth-order valence-electron chi connectivity index (χ4n) is 6.10. The number of halogens is 3. The van der Waals surface area contributed by atoms with Crippen molar-refractivity contribution in [3.05, 3.63) is 156 Å². The zero-order valence-electron chi connectivity index (χ0n) is 24.5. The number of pyridine rings is 1. The summed E-state index contributed by atoms with van der Waals surface area (Å²) in [6.45, 7) is 8.20. The molecule has 0 fully saturated rings. The first-order valence-electron chi connectivity index (χ1n) is 14.8. The van der Waals surface area contributed by atoms with E-state index in [-0.39, 0.29) is 5.56 Å². The monoisotopic (exact) mass is 614 g/mol. The largest absolute Gasteiger partial charge is 0.247 e. The molecular formula is C40H21F3N4. The summed E-state index contributed by atoms with van der Waals surface area (Å²) in [5, 5.41) is 2.09. The maximum Gasteiger partial charge on any atom is 0.197 e. The molecule has 0 unspecified atom stereocenters. The molecule has 0 aliphatic rings. The van der Waals surface area contributed by atoms with Gasteiger partial charge in [-0.1, -0.05) is 97.1 Å². The summed E-state index contributed by atoms with van der Waals surface area (Å²) in [7, 11) is 0. The van der Waals surface area contributed by atoms with Gasteiger partial charge in [-0.05, 0) is 46.8 Å². The smallest absolute Gasteiger partial charge is 0.197 e. The Kier molecular flexibility index (Phi) is 6.70. The molecule has 0 bridgehead atoms. The molecule has 6 aromatic carbocycles. The third kappa shape index (κ3) is 4.75. The number of para-hydroxylation sites is 1. The van der Waals surface area contributed by atoms with Crippen LogP contribution in [0.2, 0.25) is 0 Å². The molecule has 0 N–H and O–H groups in total. The molecule has 8 rings (SSSR count). The Bertz CT molecular complexity index is 2540. The lowest BCUT2D eigenvalue weighted by Gasteiger charge is -2.17. The third-order valence-electron chi connectivity index (χ3n) is 8.25. The number of aromatic nitrogens is 3. The van der Waals surface area contributed by atoms with Gasteiger partial charge in [0.1, 0.15) is 0 Å². The Morgan fingerprint density at radius 2 is 1.04 bits per heavy atom. The summed E-state index contributed by atoms with van der Waals surface area (Å²) in [4.78, 5) is 19.5. The molecule has 47 heavy (non-hydrogen) atoms. The summed E-state index contributed by atoms with van der Waals surface area (Å²) >= 11 is 0. The van der Waals surface area contributed by atoms with Crippen molar-refractivity contribution < 1.29 is 13.2 Å². The van der Waals surface area contributed by atoms with Crippen LogP contribution in [-0.4, -0.2) is 15.0 Å². The quantitative estimate of drug-likeness (QED) is 0.113. The van der Waals surface area contributed by atoms with E-state index in [1.807, 2.05) is 91.0 Å². The molecule has 222 valence electrons. The first-order chi connectivity index (χ1) is 23.0. The van der Waals surface area contributed by atoms with Crippen molar-refractivity contribution in [3.63, 3.8) is 0 Å². The molecule has 0 radical (unpaired) electrons. The molecule has 0 aliphatic carbocycles. The van der Waals surface area contributed by atoms with E-state index < -0.39 is 17.5 Å². The van der Waals surface area contributed by atoms with Crippen LogP contribution in [0.25, 0.3) is 82.5 Å². The summed E-state index contributed by atoms with van der Waals surface area (Å²) < 4.78 is 42.3. The second-order valence-electron chi connectivity index (χ2n) is 11.1. The van der Waals surface area contributed by atoms with E-state index in [2.05, 4.69) is 4.85 Å². The second-order valence-corrected chi connectivity index (χ2v) is 11.1. The maximum atomic E-state index is 14.3. The fraction of sp³-hybridized carbons (Fsp3) is 0. The number of rotatable bonds is 4. The Balaban J connectivity index is 1.51. The van der Waals surface area contributed by atoms with Gasteiger partial charge in [0.25, 0.3) is 0 Å². The van der Waals surface area contributed by atoms with E-state index in [0.717, 1.165) is 28.6 Å². The lowest BCUT2D eigenvalue weighted by atomic mass is 9.94. The van der Waals surface area contributed by atoms with Gasteiger partial charge in [-0.15, -0.1) is 0 Å². The van der Waals surface area contributed by atoms with Gasteiger partial charge in [0.05, 0.1) is 40.2 Å². The number of benzene rings is 6. The van der Waals surface area contributed by atoms with Crippen molar-refractivity contribution in [3.8, 4) is 44.9 Å². The zero-order chi connectivity index (χ0) is 32.1. The number of hydrogen-bond acceptors (Lipinski definition) is 3. The molecule has 2 heterocycles. The molecule has 0 saturated heterocycles. The Morgan fingerprint density at radius 3 is 1.72 bits per heavy atom. The van der Waals surface area contributed by atoms with Crippen LogP contribution in [0.3, 0.4) is 0 Å². The zero-order valence-corrected chi connectivity index (χ0v) is 24.5. The van der Waals surface area contributed by atoms with Crippen LogP contribution in [0.1, 0.15) is 0 Å². The minimum Gasteiger partial charge on any atom is -0.247 e. The summed E-state index contributed by atoms with van der Waals surface area (Å²) in [6.07, 6.45) is 0. The standard InChI is InChI=1S/C40H21F3N4/c1-44-32-22-33-40(47-39(24-13-6-3-7-14-24)38(46-33)23-11-4-2-5-12-23)35-34(32)28-17-8-9-18-31(28)45-37(35)26-16-10-15-25(19-26)27-20-29(41)36(43)30(42)21-27/h2-22H. The molecule has 0 spiro atoms. The maximum absolute atomic E-state index is 14.3. The van der Waals surface area contributed by atoms with Gasteiger partial charge in [0.2, 0.25) is 0 Å². The predicted octanol–water partition coefficient (Wildman–Crippen LogP) is 11.0. The molecular weight excluding hydrogens is 593 g/mol. The molecule has 0 saturated carbocycles. The summed E-state index contributed by atoms with van der Waals surface area (Å²) in [5.74, 6) is -4.07. The summed E-state index contributed by atoms with van der Waals surface area (Å²) in [5.41, 5.74) is 7.06. The number of fused-ring (bicyclic) bond motifs is 5. The van der Waals surface area contributed by atoms with E-state index in [9.17, 15) is 13.2 Å². The fourth-order valence-corrected chi connectivity index (χ4v) is 6.10. The number of hydrogen-bond donors (Lipinski definition) is 0. The topological polar surface area (TPSA) is 43.0 Å². The summed E-state index contributed by atoms with van der Waals surface area (Å²) in [6, 6.07) is 37.9. The molecule has 7 heteroatoms. The van der Waals surface area contributed by atoms with E-state index in [4.69, 9.17) is 21.5 Å². The van der Waals surface area contributed by atoms with Gasteiger partial charge >= 0.3 is 0 Å². The predicted molar refractivity (Wildman–Crippen MR) is 180 cm³/mol. The van der Waals surface area contributed by atoms with Gasteiger partial charge in [-0.25, -0.2) is 33.0 Å². The first kappa shape index (κ1) is 28.1. The molecule has 0 amide bonds. The number of nitrogens with zero attached hydrogens (tertiary/aromatic N) is 4. The lowest BCUT2D eigenvalue weighted by molar-refractivity contribution is 0.448. The third-order valence-corrected chi connectivity index (χ3v) is 8.25. The molecule has 4 nitrogen and oxygen atoms in total. The van der Waals surface area contributed by atoms with Crippen molar-refractivity contribution in [1.82, 2.24) is 15.0 Å². The van der Waals surface area contributed by atoms with Crippen molar-refractivity contribution >= 4 is 38.4 Å². The molecule has 8 aromatic rings. The highest BCUT2D eigenvalue weighted by Crippen LogP contribution is 2.44. The highest BCUT2D eigenvalue weighted by atomic mass is 19.2. The van der Waals surface area contributed by atoms with E-state index in [1.165, 1.54) is 0 Å². The van der Waals surface area contributed by atoms with Gasteiger partial charge in [-0.3, -0.25) is 0 Å². The Labute approximate surface area is 267 Å². The van der Waals surface area contributed by atoms with Crippen LogP contribution in [0.5, 0.6) is 0 Å². The van der Waals surface area contributed by atoms with Crippen molar-refractivity contribution in [2.24, 2.45) is 0 Å². The minimum atomic E-state index is -1.52. The first-order valence-corrected chi connectivity index (χ1v) is 14.8. The van der Waals surface area contributed by atoms with Crippen LogP contribution in [0.4, 0.5) is 18.9 Å². The lowest BCUT2D eigenvalue weighted by Crippen LogP contribution is -1.99. The average molecular weight is 615 g/mol. The van der Waals surface area contributed by atoms with Crippen LogP contribution >= 0.6 is 0 Å². The van der Waals surface area contributed by atoms with Crippen LogP contribution in [0.15, 0.2) is 127 Å². The van der Waals surface area contributed by atoms with Crippen molar-refractivity contribution in [1.29, 1.82) is 0 Å². The van der Waals surface area contributed by atoms with Crippen LogP contribution in [-0.2, 0) is 0 Å². The van der Waals surface area contributed by atoms with Crippen LogP contribution in [0, 0.1) is 24.0 Å². The van der Waals surface area contributed by atoms with Crippen molar-refractivity contribution in [2.45, 2.75) is 0 Å². The van der Waals surface area contributed by atoms with Crippen LogP contribution < -0.4 is 0 Å². The van der Waals surface area contributed by atoms with E-state index in [1.54, 1.807) is 24.3 Å². The van der Waals surface area contributed by atoms with Gasteiger partial charge in [0.15, 0.2) is 23.1 Å². The van der Waals surface area contributed by atoms with E-state index in [0.29, 0.717) is 61.2 Å². The SMILES string of the molecule is [C-]#[N+]c1cc2nc(-c3ccccc3)c(-c3ccccc3)nc2c2c(-c3cccc(-c4cc(F)c(F)c(F)c4)c3)nc3ccccc3c12. The normalized spacial score (nSPS) is 11.3. The second kappa shape index (κ2) is 11.2. The van der Waals surface area contributed by atoms with Gasteiger partial charge < -0.3 is 0 Å². The Morgan fingerprint density at radius 1 is 0.468 bits per heavy atom. The van der Waals surface area contributed by atoms with E-state index >= 15 is 0 Å². The Hall–Kier alpha value is -6.39. The van der Waals surface area contributed by atoms with Gasteiger partial charge in [0, 0.05) is 27.5 Å².